The van der Waals surface area contributed by atoms with Crippen LogP contribution in [0.5, 0.6) is 5.75 Å². The minimum Gasteiger partial charge on any atom is -0.487 e. The first-order valence-electron chi connectivity index (χ1n) is 10.8. The van der Waals surface area contributed by atoms with Crippen molar-refractivity contribution >= 4 is 11.8 Å². The smallest absolute Gasteiger partial charge is 0.257 e. The van der Waals surface area contributed by atoms with Crippen LogP contribution in [-0.2, 0) is 4.79 Å². The van der Waals surface area contributed by atoms with Gasteiger partial charge in [-0.25, -0.2) is 0 Å². The van der Waals surface area contributed by atoms with E-state index >= 15 is 0 Å². The summed E-state index contributed by atoms with van der Waals surface area (Å²) >= 11 is 0. The van der Waals surface area contributed by atoms with Crippen LogP contribution in [0.1, 0.15) is 67.1 Å². The summed E-state index contributed by atoms with van der Waals surface area (Å²) in [4.78, 5) is 27.2. The second-order valence-electron chi connectivity index (χ2n) is 8.83. The van der Waals surface area contributed by atoms with Crippen molar-refractivity contribution in [3.63, 3.8) is 0 Å². The zero-order valence-electron chi connectivity index (χ0n) is 17.9. The van der Waals surface area contributed by atoms with E-state index in [2.05, 4.69) is 11.4 Å². The lowest BCUT2D eigenvalue weighted by atomic mass is 9.76. The Bertz CT molecular complexity index is 925. The molecule has 1 atom stereocenters. The molecule has 2 aromatic rings. The summed E-state index contributed by atoms with van der Waals surface area (Å²) in [7, 11) is 0. The first-order valence-corrected chi connectivity index (χ1v) is 10.8. The first kappa shape index (κ1) is 20.5. The molecule has 1 fully saturated rings. The molecular formula is C24H30N2O4. The van der Waals surface area contributed by atoms with Gasteiger partial charge in [0.1, 0.15) is 17.1 Å². The quantitative estimate of drug-likeness (QED) is 0.826. The molecule has 6 nitrogen and oxygen atoms in total. The number of ether oxygens (including phenoxy) is 1. The number of fused-ring (bicyclic) bond motifs is 1. The van der Waals surface area contributed by atoms with Crippen LogP contribution in [0.15, 0.2) is 41.0 Å². The lowest BCUT2D eigenvalue weighted by molar-refractivity contribution is -0.122. The predicted octanol–water partition coefficient (Wildman–Crippen LogP) is 4.04. The standard InChI is InChI=1S/C24H30N2O4/c1-16(2)25-22(27)14-18-15-24(30-21-7-5-4-6-20(18)21)9-11-26(12-10-24)23(28)19-8-13-29-17(19)3/h4-8,13,16,18H,9-12,14-15H2,1-3H3,(H,25,27)/t18-/m1/s1. The first-order chi connectivity index (χ1) is 14.4. The van der Waals surface area contributed by atoms with Gasteiger partial charge in [-0.2, -0.15) is 0 Å². The molecule has 0 bridgehead atoms. The number of furan rings is 1. The molecule has 1 aromatic carbocycles. The van der Waals surface area contributed by atoms with Gasteiger partial charge in [0.05, 0.1) is 11.8 Å². The molecule has 0 unspecified atom stereocenters. The third kappa shape index (κ3) is 4.09. The normalized spacial score (nSPS) is 20.0. The second kappa shape index (κ2) is 8.17. The summed E-state index contributed by atoms with van der Waals surface area (Å²) in [6, 6.07) is 9.90. The largest absolute Gasteiger partial charge is 0.487 e. The second-order valence-corrected chi connectivity index (χ2v) is 8.83. The minimum atomic E-state index is -0.334. The summed E-state index contributed by atoms with van der Waals surface area (Å²) in [5.41, 5.74) is 1.40. The number of hydrogen-bond donors (Lipinski definition) is 1. The highest BCUT2D eigenvalue weighted by atomic mass is 16.5. The summed E-state index contributed by atoms with van der Waals surface area (Å²) in [6.07, 6.45) is 4.32. The van der Waals surface area contributed by atoms with Gasteiger partial charge in [-0.15, -0.1) is 0 Å². The van der Waals surface area contributed by atoms with Crippen molar-refractivity contribution in [1.82, 2.24) is 10.2 Å². The maximum atomic E-state index is 12.8. The number of nitrogens with one attached hydrogen (secondary N) is 1. The minimum absolute atomic E-state index is 0.0140. The Morgan fingerprint density at radius 1 is 1.20 bits per heavy atom. The molecular weight excluding hydrogens is 380 g/mol. The van der Waals surface area contributed by atoms with E-state index in [9.17, 15) is 9.59 Å². The fourth-order valence-corrected chi connectivity index (χ4v) is 4.73. The summed E-state index contributed by atoms with van der Waals surface area (Å²) in [5.74, 6) is 1.73. The van der Waals surface area contributed by atoms with Crippen LogP contribution >= 0.6 is 0 Å². The molecule has 1 spiro atoms. The van der Waals surface area contributed by atoms with Crippen molar-refractivity contribution in [2.24, 2.45) is 0 Å². The van der Waals surface area contributed by atoms with Crippen LogP contribution in [0, 0.1) is 6.92 Å². The van der Waals surface area contributed by atoms with Crippen LogP contribution in [0.4, 0.5) is 0 Å². The van der Waals surface area contributed by atoms with Gasteiger partial charge < -0.3 is 19.4 Å². The third-order valence-corrected chi connectivity index (χ3v) is 6.24. The van der Waals surface area contributed by atoms with Gasteiger partial charge in [0.2, 0.25) is 5.91 Å². The Morgan fingerprint density at radius 3 is 2.60 bits per heavy atom. The van der Waals surface area contributed by atoms with E-state index in [1.165, 1.54) is 0 Å². The van der Waals surface area contributed by atoms with Gasteiger partial charge >= 0.3 is 0 Å². The predicted molar refractivity (Wildman–Crippen MR) is 114 cm³/mol. The zero-order chi connectivity index (χ0) is 21.3. The molecule has 1 saturated heterocycles. The highest BCUT2D eigenvalue weighted by Crippen LogP contribution is 2.46. The van der Waals surface area contributed by atoms with Gasteiger partial charge in [-0.1, -0.05) is 18.2 Å². The van der Waals surface area contributed by atoms with E-state index in [1.807, 2.05) is 43.9 Å². The third-order valence-electron chi connectivity index (χ3n) is 6.24. The molecule has 6 heteroatoms. The van der Waals surface area contributed by atoms with Crippen molar-refractivity contribution in [2.45, 2.75) is 64.0 Å². The fraction of sp³-hybridized carbons (Fsp3) is 0.500. The molecule has 0 aliphatic carbocycles. The van der Waals surface area contributed by atoms with Crippen molar-refractivity contribution < 1.29 is 18.7 Å². The lowest BCUT2D eigenvalue weighted by Crippen LogP contribution is -2.52. The van der Waals surface area contributed by atoms with E-state index < -0.39 is 0 Å². The maximum absolute atomic E-state index is 12.8. The number of rotatable bonds is 4. The van der Waals surface area contributed by atoms with Gasteiger partial charge in [-0.05, 0) is 44.9 Å². The molecule has 1 aromatic heterocycles. The number of benzene rings is 1. The number of aryl methyl sites for hydroxylation is 1. The lowest BCUT2D eigenvalue weighted by Gasteiger charge is -2.47. The number of likely N-dealkylation sites (tertiary alicyclic amines) is 1. The number of para-hydroxylation sites is 1. The summed E-state index contributed by atoms with van der Waals surface area (Å²) in [6.45, 7) is 7.04. The van der Waals surface area contributed by atoms with Crippen molar-refractivity contribution in [2.75, 3.05) is 13.1 Å². The van der Waals surface area contributed by atoms with Gasteiger partial charge in [0, 0.05) is 44.3 Å². The fourth-order valence-electron chi connectivity index (χ4n) is 4.73. The number of hydrogen-bond acceptors (Lipinski definition) is 4. The molecule has 30 heavy (non-hydrogen) atoms. The number of carbonyl (C=O) groups excluding carboxylic acids is 2. The van der Waals surface area contributed by atoms with Crippen molar-refractivity contribution in [1.29, 1.82) is 0 Å². The molecule has 4 rings (SSSR count). The van der Waals surface area contributed by atoms with Gasteiger partial charge in [0.25, 0.3) is 5.91 Å². The van der Waals surface area contributed by atoms with Gasteiger partial charge in [-0.3, -0.25) is 9.59 Å². The molecule has 2 aliphatic rings. The Hall–Kier alpha value is -2.76. The van der Waals surface area contributed by atoms with Crippen LogP contribution in [0.25, 0.3) is 0 Å². The average molecular weight is 411 g/mol. The number of amides is 2. The molecule has 160 valence electrons. The molecule has 2 amide bonds. The van der Waals surface area contributed by atoms with Gasteiger partial charge in [0.15, 0.2) is 0 Å². The van der Waals surface area contributed by atoms with Crippen molar-refractivity contribution in [3.05, 3.63) is 53.5 Å². The summed E-state index contributed by atoms with van der Waals surface area (Å²) in [5, 5.41) is 3.01. The molecule has 1 N–H and O–H groups in total. The van der Waals surface area contributed by atoms with Crippen LogP contribution in [0.3, 0.4) is 0 Å². The molecule has 3 heterocycles. The van der Waals surface area contributed by atoms with E-state index in [0.717, 1.165) is 30.6 Å². The van der Waals surface area contributed by atoms with Crippen LogP contribution in [0.2, 0.25) is 0 Å². The SMILES string of the molecule is Cc1occc1C(=O)N1CCC2(CC1)C[C@@H](CC(=O)NC(C)C)c1ccccc1O2. The number of carbonyl (C=O) groups is 2. The molecule has 0 saturated carbocycles. The number of piperidine rings is 1. The molecule has 0 radical (unpaired) electrons. The highest BCUT2D eigenvalue weighted by Gasteiger charge is 2.44. The zero-order valence-corrected chi connectivity index (χ0v) is 17.9. The Balaban J connectivity index is 1.49. The van der Waals surface area contributed by atoms with Crippen LogP contribution in [-0.4, -0.2) is 41.4 Å². The highest BCUT2D eigenvalue weighted by molar-refractivity contribution is 5.95. The van der Waals surface area contributed by atoms with E-state index in [0.29, 0.717) is 30.8 Å². The summed E-state index contributed by atoms with van der Waals surface area (Å²) < 4.78 is 11.8. The monoisotopic (exact) mass is 410 g/mol. The average Bonchev–Trinajstić information content (AvgIpc) is 3.13. The van der Waals surface area contributed by atoms with E-state index in [-0.39, 0.29) is 29.4 Å². The topological polar surface area (TPSA) is 71.8 Å². The van der Waals surface area contributed by atoms with Crippen LogP contribution < -0.4 is 10.1 Å². The molecule has 2 aliphatic heterocycles. The Morgan fingerprint density at radius 2 is 1.93 bits per heavy atom. The van der Waals surface area contributed by atoms with E-state index in [1.54, 1.807) is 12.3 Å². The van der Waals surface area contributed by atoms with Crippen molar-refractivity contribution in [3.8, 4) is 5.75 Å². The Kier molecular flexibility index (Phi) is 5.58. The Labute approximate surface area is 177 Å². The maximum Gasteiger partial charge on any atom is 0.257 e. The number of nitrogens with zero attached hydrogens (tertiary/aromatic N) is 1. The van der Waals surface area contributed by atoms with E-state index in [4.69, 9.17) is 9.15 Å².